The Morgan fingerprint density at radius 2 is 2.33 bits per heavy atom. The van der Waals surface area contributed by atoms with Crippen molar-refractivity contribution in [1.82, 2.24) is 0 Å². The van der Waals surface area contributed by atoms with E-state index in [0.717, 1.165) is 17.7 Å². The molecule has 1 aliphatic rings. The van der Waals surface area contributed by atoms with Gasteiger partial charge < -0.3 is 5.73 Å². The lowest BCUT2D eigenvalue weighted by Gasteiger charge is -2.28. The molecule has 0 saturated carbocycles. The minimum atomic E-state index is 0.871. The minimum Gasteiger partial charge on any atom is -0.330 e. The predicted octanol–water partition coefficient (Wildman–Crippen LogP) is 2.65. The quantitative estimate of drug-likeness (QED) is 0.732. The maximum Gasteiger partial charge on any atom is 0.00756 e. The first-order valence-electron chi connectivity index (χ1n) is 5.20. The second-order valence-electron chi connectivity index (χ2n) is 3.65. The highest BCUT2D eigenvalue weighted by Gasteiger charge is 2.21. The fourth-order valence-corrected chi connectivity index (χ4v) is 3.61. The van der Waals surface area contributed by atoms with Gasteiger partial charge in [0, 0.05) is 5.25 Å². The molecule has 0 aromatic carbocycles. The van der Waals surface area contributed by atoms with Gasteiger partial charge in [0.15, 0.2) is 0 Å². The molecule has 2 heteroatoms. The van der Waals surface area contributed by atoms with Crippen LogP contribution in [0.4, 0.5) is 0 Å². The van der Waals surface area contributed by atoms with Crippen molar-refractivity contribution in [3.63, 3.8) is 0 Å². The smallest absolute Gasteiger partial charge is 0.00756 e. The Hall–Kier alpha value is 0.310. The summed E-state index contributed by atoms with van der Waals surface area (Å²) in [7, 11) is 0. The molecule has 0 aromatic rings. The molecule has 0 aromatic heterocycles. The van der Waals surface area contributed by atoms with Crippen LogP contribution >= 0.6 is 11.8 Å². The Kier molecular flexibility index (Phi) is 5.08. The van der Waals surface area contributed by atoms with Crippen LogP contribution in [0.5, 0.6) is 0 Å². The lowest BCUT2D eigenvalue weighted by atomic mass is 9.94. The van der Waals surface area contributed by atoms with Gasteiger partial charge in [0.05, 0.1) is 0 Å². The van der Waals surface area contributed by atoms with Crippen molar-refractivity contribution in [2.75, 3.05) is 12.3 Å². The summed E-state index contributed by atoms with van der Waals surface area (Å²) in [6.45, 7) is 3.17. The first-order valence-corrected chi connectivity index (χ1v) is 6.25. The van der Waals surface area contributed by atoms with E-state index in [1.54, 1.807) is 0 Å². The van der Waals surface area contributed by atoms with Gasteiger partial charge in [0.2, 0.25) is 0 Å². The molecule has 1 rings (SSSR count). The third-order valence-electron chi connectivity index (χ3n) is 2.80. The average Bonchev–Trinajstić information content (AvgIpc) is 2.15. The molecule has 0 amide bonds. The average molecular weight is 187 g/mol. The van der Waals surface area contributed by atoms with Gasteiger partial charge in [-0.3, -0.25) is 0 Å². The molecule has 0 radical (unpaired) electrons. The SMILES string of the molecule is CCC(CCN)C1CCCCS1. The molecule has 12 heavy (non-hydrogen) atoms. The minimum absolute atomic E-state index is 0.871. The maximum absolute atomic E-state index is 5.60. The Balaban J connectivity index is 2.29. The van der Waals surface area contributed by atoms with E-state index in [0.29, 0.717) is 0 Å². The zero-order valence-electron chi connectivity index (χ0n) is 8.09. The van der Waals surface area contributed by atoms with Gasteiger partial charge in [0.1, 0.15) is 0 Å². The lowest BCUT2D eigenvalue weighted by Crippen LogP contribution is -2.22. The van der Waals surface area contributed by atoms with Crippen LogP contribution in [-0.4, -0.2) is 17.5 Å². The molecule has 1 heterocycles. The van der Waals surface area contributed by atoms with Crippen LogP contribution < -0.4 is 5.73 Å². The molecule has 0 spiro atoms. The Morgan fingerprint density at radius 1 is 1.50 bits per heavy atom. The summed E-state index contributed by atoms with van der Waals surface area (Å²) in [5.41, 5.74) is 5.60. The van der Waals surface area contributed by atoms with E-state index in [1.165, 1.54) is 37.9 Å². The van der Waals surface area contributed by atoms with Crippen LogP contribution in [0.3, 0.4) is 0 Å². The van der Waals surface area contributed by atoms with Gasteiger partial charge in [-0.2, -0.15) is 11.8 Å². The van der Waals surface area contributed by atoms with Crippen LogP contribution in [0.15, 0.2) is 0 Å². The number of nitrogens with two attached hydrogens (primary N) is 1. The summed E-state index contributed by atoms with van der Waals surface area (Å²) >= 11 is 2.18. The van der Waals surface area contributed by atoms with Crippen LogP contribution in [-0.2, 0) is 0 Å². The summed E-state index contributed by atoms with van der Waals surface area (Å²) in [5.74, 6) is 2.27. The molecule has 1 nitrogen and oxygen atoms in total. The summed E-state index contributed by atoms with van der Waals surface area (Å²) < 4.78 is 0. The summed E-state index contributed by atoms with van der Waals surface area (Å²) in [5, 5.41) is 0.923. The van der Waals surface area contributed by atoms with Crippen LogP contribution in [0, 0.1) is 5.92 Å². The Bertz CT molecular complexity index is 108. The zero-order valence-corrected chi connectivity index (χ0v) is 8.91. The second-order valence-corrected chi connectivity index (χ2v) is 5.00. The lowest BCUT2D eigenvalue weighted by molar-refractivity contribution is 0.428. The van der Waals surface area contributed by atoms with Crippen molar-refractivity contribution in [1.29, 1.82) is 0 Å². The number of rotatable bonds is 4. The van der Waals surface area contributed by atoms with Gasteiger partial charge in [-0.1, -0.05) is 19.8 Å². The van der Waals surface area contributed by atoms with Crippen molar-refractivity contribution >= 4 is 11.8 Å². The molecular weight excluding hydrogens is 166 g/mol. The monoisotopic (exact) mass is 187 g/mol. The fourth-order valence-electron chi connectivity index (χ4n) is 2.00. The summed E-state index contributed by atoms with van der Waals surface area (Å²) in [6, 6.07) is 0. The first kappa shape index (κ1) is 10.4. The summed E-state index contributed by atoms with van der Waals surface area (Å²) in [6.07, 6.45) is 6.85. The highest BCUT2D eigenvalue weighted by atomic mass is 32.2. The van der Waals surface area contributed by atoms with Crippen LogP contribution in [0.1, 0.15) is 39.0 Å². The molecule has 0 aliphatic carbocycles. The molecular formula is C10H21NS. The van der Waals surface area contributed by atoms with Gasteiger partial charge in [-0.15, -0.1) is 0 Å². The van der Waals surface area contributed by atoms with E-state index in [4.69, 9.17) is 5.73 Å². The highest BCUT2D eigenvalue weighted by molar-refractivity contribution is 7.99. The van der Waals surface area contributed by atoms with E-state index < -0.39 is 0 Å². The predicted molar refractivity (Wildman–Crippen MR) is 57.5 cm³/mol. The number of thioether (sulfide) groups is 1. The number of hydrogen-bond acceptors (Lipinski definition) is 2. The maximum atomic E-state index is 5.60. The standard InChI is InChI=1S/C10H21NS/c1-2-9(6-7-11)10-5-3-4-8-12-10/h9-10H,2-8,11H2,1H3. The van der Waals surface area contributed by atoms with Crippen molar-refractivity contribution < 1.29 is 0 Å². The molecule has 1 aliphatic heterocycles. The molecule has 72 valence electrons. The third-order valence-corrected chi connectivity index (χ3v) is 4.38. The second kappa shape index (κ2) is 5.87. The van der Waals surface area contributed by atoms with E-state index >= 15 is 0 Å². The Labute approximate surface area is 80.5 Å². The third kappa shape index (κ3) is 2.98. The summed E-state index contributed by atoms with van der Waals surface area (Å²) in [4.78, 5) is 0. The molecule has 2 atom stereocenters. The number of hydrogen-bond donors (Lipinski definition) is 1. The van der Waals surface area contributed by atoms with Crippen molar-refractivity contribution in [3.05, 3.63) is 0 Å². The Morgan fingerprint density at radius 3 is 2.83 bits per heavy atom. The van der Waals surface area contributed by atoms with Gasteiger partial charge in [-0.05, 0) is 37.5 Å². The van der Waals surface area contributed by atoms with E-state index in [9.17, 15) is 0 Å². The fraction of sp³-hybridized carbons (Fsp3) is 1.00. The topological polar surface area (TPSA) is 26.0 Å². The molecule has 2 unspecified atom stereocenters. The van der Waals surface area contributed by atoms with Crippen molar-refractivity contribution in [2.45, 2.75) is 44.3 Å². The van der Waals surface area contributed by atoms with Crippen LogP contribution in [0.2, 0.25) is 0 Å². The molecule has 1 saturated heterocycles. The first-order chi connectivity index (χ1) is 5.88. The molecule has 0 bridgehead atoms. The van der Waals surface area contributed by atoms with Crippen LogP contribution in [0.25, 0.3) is 0 Å². The van der Waals surface area contributed by atoms with Gasteiger partial charge in [0.25, 0.3) is 0 Å². The molecule has 2 N–H and O–H groups in total. The molecule has 1 fully saturated rings. The van der Waals surface area contributed by atoms with Gasteiger partial charge in [-0.25, -0.2) is 0 Å². The normalized spacial score (nSPS) is 27.0. The zero-order chi connectivity index (χ0) is 8.81. The largest absolute Gasteiger partial charge is 0.330 e. The van der Waals surface area contributed by atoms with Crippen molar-refractivity contribution in [2.24, 2.45) is 11.7 Å². The van der Waals surface area contributed by atoms with E-state index in [2.05, 4.69) is 18.7 Å². The van der Waals surface area contributed by atoms with E-state index in [1.807, 2.05) is 0 Å². The highest BCUT2D eigenvalue weighted by Crippen LogP contribution is 2.33. The van der Waals surface area contributed by atoms with E-state index in [-0.39, 0.29) is 0 Å². The van der Waals surface area contributed by atoms with Crippen molar-refractivity contribution in [3.8, 4) is 0 Å². The van der Waals surface area contributed by atoms with Gasteiger partial charge >= 0.3 is 0 Å².